The largest absolute Gasteiger partial charge is 0.573 e. The van der Waals surface area contributed by atoms with Crippen molar-refractivity contribution < 1.29 is 23.0 Å². The average Bonchev–Trinajstić information content (AvgIpc) is 2.18. The molecule has 0 aliphatic carbocycles. The summed E-state index contributed by atoms with van der Waals surface area (Å²) in [5, 5.41) is 9.62. The summed E-state index contributed by atoms with van der Waals surface area (Å²) in [6.07, 6.45) is -4.74. The highest BCUT2D eigenvalue weighted by Gasteiger charge is 2.30. The van der Waals surface area contributed by atoms with Gasteiger partial charge in [0.25, 0.3) is 0 Å². The highest BCUT2D eigenvalue weighted by atomic mass is 19.4. The lowest BCUT2D eigenvalue weighted by Gasteiger charge is -2.14. The first-order chi connectivity index (χ1) is 7.78. The first-order valence-corrected chi connectivity index (χ1v) is 5.30. The van der Waals surface area contributed by atoms with Crippen molar-refractivity contribution >= 4 is 0 Å². The highest BCUT2D eigenvalue weighted by Crippen LogP contribution is 2.23. The number of alkyl halides is 3. The Kier molecular flexibility index (Phi) is 4.40. The summed E-state index contributed by atoms with van der Waals surface area (Å²) in [6, 6.07) is 5.53. The summed E-state index contributed by atoms with van der Waals surface area (Å²) in [6.45, 7) is 3.76. The molecule has 5 heteroatoms. The molecule has 0 saturated carbocycles. The van der Waals surface area contributed by atoms with Crippen molar-refractivity contribution in [2.75, 3.05) is 0 Å². The molecule has 0 bridgehead atoms. The van der Waals surface area contributed by atoms with E-state index in [0.717, 1.165) is 5.56 Å². The molecule has 96 valence electrons. The van der Waals surface area contributed by atoms with Gasteiger partial charge in [-0.1, -0.05) is 26.0 Å². The minimum atomic E-state index is -4.67. The molecule has 1 unspecified atom stereocenters. The number of benzene rings is 1. The van der Waals surface area contributed by atoms with Gasteiger partial charge in [-0.15, -0.1) is 13.2 Å². The van der Waals surface area contributed by atoms with Crippen molar-refractivity contribution in [1.82, 2.24) is 0 Å². The lowest BCUT2D eigenvalue weighted by atomic mass is 9.99. The van der Waals surface area contributed by atoms with Gasteiger partial charge in [-0.2, -0.15) is 0 Å². The number of aliphatic hydroxyl groups excluding tert-OH is 1. The van der Waals surface area contributed by atoms with Crippen LogP contribution in [0.1, 0.15) is 19.4 Å². The second-order valence-electron chi connectivity index (χ2n) is 4.21. The third kappa shape index (κ3) is 5.08. The van der Waals surface area contributed by atoms with Gasteiger partial charge in [-0.05, 0) is 30.0 Å². The van der Waals surface area contributed by atoms with E-state index in [1.165, 1.54) is 24.3 Å². The second-order valence-corrected chi connectivity index (χ2v) is 4.21. The Bertz CT molecular complexity index is 344. The molecule has 0 amide bonds. The van der Waals surface area contributed by atoms with E-state index < -0.39 is 12.5 Å². The van der Waals surface area contributed by atoms with Crippen molar-refractivity contribution in [3.63, 3.8) is 0 Å². The zero-order valence-corrected chi connectivity index (χ0v) is 9.66. The molecule has 1 rings (SSSR count). The van der Waals surface area contributed by atoms with Crippen LogP contribution in [0.2, 0.25) is 0 Å². The van der Waals surface area contributed by atoms with Crippen molar-refractivity contribution in [3.8, 4) is 5.75 Å². The van der Waals surface area contributed by atoms with Gasteiger partial charge < -0.3 is 9.84 Å². The molecule has 0 aliphatic heterocycles. The Morgan fingerprint density at radius 1 is 1.18 bits per heavy atom. The predicted molar refractivity (Wildman–Crippen MR) is 57.7 cm³/mol. The van der Waals surface area contributed by atoms with Crippen molar-refractivity contribution in [3.05, 3.63) is 29.8 Å². The van der Waals surface area contributed by atoms with E-state index in [2.05, 4.69) is 4.74 Å². The lowest BCUT2D eigenvalue weighted by molar-refractivity contribution is -0.274. The summed E-state index contributed by atoms with van der Waals surface area (Å²) < 4.78 is 39.4. The summed E-state index contributed by atoms with van der Waals surface area (Å²) in [4.78, 5) is 0. The molecule has 1 aromatic rings. The van der Waals surface area contributed by atoms with Crippen LogP contribution in [0.15, 0.2) is 24.3 Å². The van der Waals surface area contributed by atoms with Gasteiger partial charge in [0.1, 0.15) is 5.75 Å². The van der Waals surface area contributed by atoms with Gasteiger partial charge in [-0.25, -0.2) is 0 Å². The van der Waals surface area contributed by atoms with Crippen molar-refractivity contribution in [2.45, 2.75) is 32.7 Å². The molecule has 17 heavy (non-hydrogen) atoms. The van der Waals surface area contributed by atoms with Crippen LogP contribution in [0.5, 0.6) is 5.75 Å². The minimum Gasteiger partial charge on any atom is -0.406 e. The molecular formula is C12H15F3O2. The highest BCUT2D eigenvalue weighted by molar-refractivity contribution is 5.27. The van der Waals surface area contributed by atoms with E-state index in [1.54, 1.807) is 0 Å². The second kappa shape index (κ2) is 5.40. The molecule has 0 aromatic heterocycles. The third-order valence-electron chi connectivity index (χ3n) is 2.37. The Morgan fingerprint density at radius 3 is 2.12 bits per heavy atom. The molecular weight excluding hydrogens is 233 g/mol. The monoisotopic (exact) mass is 248 g/mol. The topological polar surface area (TPSA) is 29.5 Å². The van der Waals surface area contributed by atoms with Crippen LogP contribution in [0.3, 0.4) is 0 Å². The Labute approximate surface area is 98.0 Å². The molecule has 0 spiro atoms. The van der Waals surface area contributed by atoms with Crippen molar-refractivity contribution in [2.24, 2.45) is 5.92 Å². The van der Waals surface area contributed by atoms with Crippen molar-refractivity contribution in [1.29, 1.82) is 0 Å². The molecule has 0 saturated heterocycles. The van der Waals surface area contributed by atoms with E-state index in [1.807, 2.05) is 13.8 Å². The van der Waals surface area contributed by atoms with Crippen LogP contribution < -0.4 is 4.74 Å². The fraction of sp³-hybridized carbons (Fsp3) is 0.500. The summed E-state index contributed by atoms with van der Waals surface area (Å²) >= 11 is 0. The average molecular weight is 248 g/mol. The Hall–Kier alpha value is -1.23. The lowest BCUT2D eigenvalue weighted by Crippen LogP contribution is -2.18. The fourth-order valence-corrected chi connectivity index (χ4v) is 1.30. The predicted octanol–water partition coefficient (Wildman–Crippen LogP) is 3.14. The molecule has 0 aliphatic rings. The molecule has 1 aromatic carbocycles. The van der Waals surface area contributed by atoms with Gasteiger partial charge >= 0.3 is 6.36 Å². The van der Waals surface area contributed by atoms with Crippen LogP contribution in [0.4, 0.5) is 13.2 Å². The molecule has 0 heterocycles. The van der Waals surface area contributed by atoms with E-state index >= 15 is 0 Å². The quantitative estimate of drug-likeness (QED) is 0.887. The minimum absolute atomic E-state index is 0.112. The number of rotatable bonds is 4. The first-order valence-electron chi connectivity index (χ1n) is 5.30. The number of hydrogen-bond acceptors (Lipinski definition) is 2. The van der Waals surface area contributed by atoms with Crippen LogP contribution >= 0.6 is 0 Å². The van der Waals surface area contributed by atoms with Crippen LogP contribution in [-0.2, 0) is 6.42 Å². The molecule has 2 nitrogen and oxygen atoms in total. The maximum atomic E-state index is 11.9. The van der Waals surface area contributed by atoms with Crippen LogP contribution in [0, 0.1) is 5.92 Å². The SMILES string of the molecule is CC(C)C(O)Cc1ccc(OC(F)(F)F)cc1. The third-order valence-corrected chi connectivity index (χ3v) is 2.37. The number of hydrogen-bond donors (Lipinski definition) is 1. The number of ether oxygens (including phenoxy) is 1. The van der Waals surface area contributed by atoms with E-state index in [-0.39, 0.29) is 11.7 Å². The van der Waals surface area contributed by atoms with Gasteiger partial charge in [0.05, 0.1) is 6.10 Å². The van der Waals surface area contributed by atoms with Gasteiger partial charge in [-0.3, -0.25) is 0 Å². The summed E-state index contributed by atoms with van der Waals surface area (Å²) in [5.74, 6) is -0.138. The standard InChI is InChI=1S/C12H15F3O2/c1-8(2)11(16)7-9-3-5-10(6-4-9)17-12(13,14)15/h3-6,8,11,16H,7H2,1-2H3. The maximum Gasteiger partial charge on any atom is 0.573 e. The molecule has 1 N–H and O–H groups in total. The smallest absolute Gasteiger partial charge is 0.406 e. The zero-order valence-electron chi connectivity index (χ0n) is 9.66. The normalized spacial score (nSPS) is 13.8. The Balaban J connectivity index is 2.62. The summed E-state index contributed by atoms with van der Waals surface area (Å²) in [5.41, 5.74) is 0.778. The molecule has 0 fully saturated rings. The maximum absolute atomic E-state index is 11.9. The molecule has 0 radical (unpaired) electrons. The molecule has 1 atom stereocenters. The number of halogens is 3. The Morgan fingerprint density at radius 2 is 1.71 bits per heavy atom. The fourth-order valence-electron chi connectivity index (χ4n) is 1.30. The van der Waals surface area contributed by atoms with Gasteiger partial charge in [0.2, 0.25) is 0 Å². The van der Waals surface area contributed by atoms with E-state index in [9.17, 15) is 18.3 Å². The zero-order chi connectivity index (χ0) is 13.1. The van der Waals surface area contributed by atoms with Gasteiger partial charge in [0, 0.05) is 0 Å². The van der Waals surface area contributed by atoms with E-state index in [0.29, 0.717) is 6.42 Å². The van der Waals surface area contributed by atoms with Gasteiger partial charge in [0.15, 0.2) is 0 Å². The number of aliphatic hydroxyl groups is 1. The van der Waals surface area contributed by atoms with Crippen LogP contribution in [-0.4, -0.2) is 17.6 Å². The summed E-state index contributed by atoms with van der Waals surface area (Å²) in [7, 11) is 0. The van der Waals surface area contributed by atoms with Crippen LogP contribution in [0.25, 0.3) is 0 Å². The van der Waals surface area contributed by atoms with E-state index in [4.69, 9.17) is 0 Å². The first kappa shape index (κ1) is 13.8.